The number of para-hydroxylation sites is 1. The number of thiocarbonyl (C=S) groups is 1. The molecule has 4 N–H and O–H groups in total. The molecule has 2 amide bonds. The molecule has 2 rings (SSSR count). The summed E-state index contributed by atoms with van der Waals surface area (Å²) >= 11 is 4.93. The van der Waals surface area contributed by atoms with Crippen molar-refractivity contribution in [3.05, 3.63) is 29.8 Å². The molecule has 0 radical (unpaired) electrons. The molecule has 1 aromatic carbocycles. The van der Waals surface area contributed by atoms with Gasteiger partial charge in [0.05, 0.1) is 5.69 Å². The summed E-state index contributed by atoms with van der Waals surface area (Å²) in [6.07, 6.45) is 3.31. The van der Waals surface area contributed by atoms with Crippen molar-refractivity contribution in [3.8, 4) is 0 Å². The lowest BCUT2D eigenvalue weighted by Crippen LogP contribution is -2.42. The molecule has 1 aliphatic rings. The van der Waals surface area contributed by atoms with E-state index in [1.54, 1.807) is 12.1 Å². The number of anilines is 1. The Hall–Kier alpha value is -1.62. The van der Waals surface area contributed by atoms with Gasteiger partial charge in [-0.3, -0.25) is 0 Å². The number of urea groups is 1. The Morgan fingerprint density at radius 3 is 2.65 bits per heavy atom. The molecule has 0 aromatic heterocycles. The van der Waals surface area contributed by atoms with Gasteiger partial charge in [-0.25, -0.2) is 4.79 Å². The van der Waals surface area contributed by atoms with Crippen LogP contribution in [-0.4, -0.2) is 17.1 Å². The normalized spacial score (nSPS) is 14.8. The van der Waals surface area contributed by atoms with Crippen LogP contribution in [-0.2, 0) is 0 Å². The zero-order valence-corrected chi connectivity index (χ0v) is 10.2. The largest absolute Gasteiger partial charge is 0.389 e. The topological polar surface area (TPSA) is 67.1 Å². The summed E-state index contributed by atoms with van der Waals surface area (Å²) in [5.41, 5.74) is 6.92. The summed E-state index contributed by atoms with van der Waals surface area (Å²) in [6, 6.07) is 7.37. The molecule has 0 saturated heterocycles. The van der Waals surface area contributed by atoms with Crippen LogP contribution in [0, 0.1) is 0 Å². The third-order valence-electron chi connectivity index (χ3n) is 2.88. The van der Waals surface area contributed by atoms with E-state index >= 15 is 0 Å². The molecule has 0 unspecified atom stereocenters. The van der Waals surface area contributed by atoms with E-state index in [1.807, 2.05) is 12.1 Å². The van der Waals surface area contributed by atoms with Crippen LogP contribution in [0.3, 0.4) is 0 Å². The molecule has 0 aliphatic heterocycles. The van der Waals surface area contributed by atoms with Gasteiger partial charge in [0.25, 0.3) is 0 Å². The van der Waals surface area contributed by atoms with Crippen LogP contribution in [0.15, 0.2) is 24.3 Å². The van der Waals surface area contributed by atoms with Crippen LogP contribution in [0.1, 0.15) is 24.8 Å². The number of carbonyl (C=O) groups is 1. The Morgan fingerprint density at radius 1 is 1.35 bits per heavy atom. The zero-order chi connectivity index (χ0) is 12.3. The number of nitrogens with two attached hydrogens (primary N) is 1. The number of benzene rings is 1. The maximum atomic E-state index is 11.7. The number of nitrogens with one attached hydrogen (secondary N) is 2. The Balaban J connectivity index is 2.01. The zero-order valence-electron chi connectivity index (χ0n) is 9.40. The Bertz CT molecular complexity index is 443. The molecule has 0 spiro atoms. The van der Waals surface area contributed by atoms with Crippen LogP contribution in [0.25, 0.3) is 0 Å². The molecule has 1 aliphatic carbocycles. The van der Waals surface area contributed by atoms with Gasteiger partial charge in [-0.1, -0.05) is 24.4 Å². The van der Waals surface area contributed by atoms with Gasteiger partial charge >= 0.3 is 6.03 Å². The monoisotopic (exact) mass is 249 g/mol. The van der Waals surface area contributed by atoms with Gasteiger partial charge in [0.1, 0.15) is 4.99 Å². The number of amides is 2. The molecule has 1 fully saturated rings. The molecule has 17 heavy (non-hydrogen) atoms. The van der Waals surface area contributed by atoms with E-state index in [9.17, 15) is 4.79 Å². The average molecular weight is 249 g/mol. The molecule has 0 bridgehead atoms. The molecule has 1 aromatic rings. The minimum Gasteiger partial charge on any atom is -0.389 e. The maximum absolute atomic E-state index is 11.7. The fraction of sp³-hybridized carbons (Fsp3) is 0.333. The lowest BCUT2D eigenvalue weighted by atomic mass is 9.93. The van der Waals surface area contributed by atoms with Crippen LogP contribution < -0.4 is 16.4 Å². The van der Waals surface area contributed by atoms with Gasteiger partial charge in [-0.05, 0) is 31.4 Å². The van der Waals surface area contributed by atoms with E-state index in [-0.39, 0.29) is 11.0 Å². The third kappa shape index (κ3) is 2.94. The lowest BCUT2D eigenvalue weighted by Gasteiger charge is -2.26. The summed E-state index contributed by atoms with van der Waals surface area (Å²) < 4.78 is 0. The van der Waals surface area contributed by atoms with Crippen LogP contribution in [0.4, 0.5) is 10.5 Å². The predicted octanol–water partition coefficient (Wildman–Crippen LogP) is 1.99. The van der Waals surface area contributed by atoms with E-state index in [2.05, 4.69) is 10.6 Å². The highest BCUT2D eigenvalue weighted by Crippen LogP contribution is 2.19. The highest BCUT2D eigenvalue weighted by atomic mass is 32.1. The second kappa shape index (κ2) is 5.14. The Labute approximate surface area is 106 Å². The first-order valence-electron chi connectivity index (χ1n) is 5.63. The van der Waals surface area contributed by atoms with Gasteiger partial charge in [-0.2, -0.15) is 0 Å². The fourth-order valence-electron chi connectivity index (χ4n) is 1.70. The predicted molar refractivity (Wildman–Crippen MR) is 72.1 cm³/mol. The van der Waals surface area contributed by atoms with E-state index < -0.39 is 0 Å². The van der Waals surface area contributed by atoms with Crippen molar-refractivity contribution < 1.29 is 4.79 Å². The van der Waals surface area contributed by atoms with Crippen molar-refractivity contribution in [3.63, 3.8) is 0 Å². The summed E-state index contributed by atoms with van der Waals surface area (Å²) in [6.45, 7) is 0. The van der Waals surface area contributed by atoms with Crippen molar-refractivity contribution in [2.75, 3.05) is 5.32 Å². The van der Waals surface area contributed by atoms with Crippen molar-refractivity contribution in [1.82, 2.24) is 5.32 Å². The Kier molecular flexibility index (Phi) is 3.58. The lowest BCUT2D eigenvalue weighted by molar-refractivity contribution is 0.240. The molecular weight excluding hydrogens is 234 g/mol. The first-order chi connectivity index (χ1) is 8.16. The third-order valence-corrected chi connectivity index (χ3v) is 3.10. The smallest absolute Gasteiger partial charge is 0.319 e. The van der Waals surface area contributed by atoms with Crippen LogP contribution in [0.2, 0.25) is 0 Å². The van der Waals surface area contributed by atoms with Crippen molar-refractivity contribution >= 4 is 28.9 Å². The molecule has 0 atom stereocenters. The van der Waals surface area contributed by atoms with E-state index in [0.29, 0.717) is 17.3 Å². The van der Waals surface area contributed by atoms with Gasteiger partial charge < -0.3 is 16.4 Å². The summed E-state index contributed by atoms with van der Waals surface area (Å²) in [5.74, 6) is 0. The number of hydrogen-bond acceptors (Lipinski definition) is 2. The van der Waals surface area contributed by atoms with E-state index in [4.69, 9.17) is 18.0 Å². The number of hydrogen-bond donors (Lipinski definition) is 3. The minimum atomic E-state index is -0.196. The highest BCUT2D eigenvalue weighted by Gasteiger charge is 2.19. The van der Waals surface area contributed by atoms with Crippen molar-refractivity contribution in [1.29, 1.82) is 0 Å². The van der Waals surface area contributed by atoms with Gasteiger partial charge in [0.2, 0.25) is 0 Å². The van der Waals surface area contributed by atoms with Gasteiger partial charge in [-0.15, -0.1) is 0 Å². The Morgan fingerprint density at radius 2 is 2.06 bits per heavy atom. The second-order valence-corrected chi connectivity index (χ2v) is 4.58. The molecular formula is C12H15N3OS. The quantitative estimate of drug-likeness (QED) is 0.718. The van der Waals surface area contributed by atoms with Crippen LogP contribution >= 0.6 is 12.2 Å². The molecule has 5 heteroatoms. The highest BCUT2D eigenvalue weighted by molar-refractivity contribution is 7.80. The first-order valence-corrected chi connectivity index (χ1v) is 6.04. The number of rotatable bonds is 3. The molecule has 0 heterocycles. The van der Waals surface area contributed by atoms with Crippen molar-refractivity contribution in [2.24, 2.45) is 5.73 Å². The average Bonchev–Trinajstić information content (AvgIpc) is 2.24. The molecule has 90 valence electrons. The second-order valence-electron chi connectivity index (χ2n) is 4.14. The first kappa shape index (κ1) is 11.9. The van der Waals surface area contributed by atoms with E-state index in [0.717, 1.165) is 12.8 Å². The minimum absolute atomic E-state index is 0.196. The molecule has 4 nitrogen and oxygen atoms in total. The summed E-state index contributed by atoms with van der Waals surface area (Å²) in [7, 11) is 0. The van der Waals surface area contributed by atoms with Crippen LogP contribution in [0.5, 0.6) is 0 Å². The fourth-order valence-corrected chi connectivity index (χ4v) is 1.88. The SMILES string of the molecule is NC(=S)c1ccccc1NC(=O)NC1CCC1. The van der Waals surface area contributed by atoms with Gasteiger partial charge in [0, 0.05) is 11.6 Å². The number of carbonyl (C=O) groups excluding carboxylic acids is 1. The van der Waals surface area contributed by atoms with Crippen molar-refractivity contribution in [2.45, 2.75) is 25.3 Å². The maximum Gasteiger partial charge on any atom is 0.319 e. The molecule has 1 saturated carbocycles. The standard InChI is InChI=1S/C12H15N3OS/c13-11(17)9-6-1-2-7-10(9)15-12(16)14-8-4-3-5-8/h1-2,6-8H,3-5H2,(H2,13,17)(H2,14,15,16). The van der Waals surface area contributed by atoms with E-state index in [1.165, 1.54) is 6.42 Å². The van der Waals surface area contributed by atoms with Gasteiger partial charge in [0.15, 0.2) is 0 Å². The summed E-state index contributed by atoms with van der Waals surface area (Å²) in [5, 5.41) is 5.67. The summed E-state index contributed by atoms with van der Waals surface area (Å²) in [4.78, 5) is 12.0.